The minimum atomic E-state index is 0.406. The number of phenols is 1. The molecule has 0 aliphatic carbocycles. The standard InChI is InChI=1S/C11H15NOS/c13-10-3-1-2-4-11(10)14-8-9-5-6-12-7-9/h1-4,9,12-13H,5-8H2. The molecule has 3 heteroatoms. The summed E-state index contributed by atoms with van der Waals surface area (Å²) in [4.78, 5) is 0.999. The molecule has 0 saturated carbocycles. The first-order valence-electron chi connectivity index (χ1n) is 4.98. The predicted molar refractivity (Wildman–Crippen MR) is 59.8 cm³/mol. The van der Waals surface area contributed by atoms with Crippen LogP contribution in [0.1, 0.15) is 6.42 Å². The van der Waals surface area contributed by atoms with Crippen LogP contribution < -0.4 is 5.32 Å². The molecule has 1 fully saturated rings. The third kappa shape index (κ3) is 2.42. The average molecular weight is 209 g/mol. The van der Waals surface area contributed by atoms with Gasteiger partial charge in [-0.3, -0.25) is 0 Å². The molecule has 0 amide bonds. The van der Waals surface area contributed by atoms with Crippen LogP contribution in [0.5, 0.6) is 5.75 Å². The van der Waals surface area contributed by atoms with Crippen molar-refractivity contribution < 1.29 is 5.11 Å². The average Bonchev–Trinajstić information content (AvgIpc) is 2.69. The summed E-state index contributed by atoms with van der Waals surface area (Å²) in [6.07, 6.45) is 1.26. The van der Waals surface area contributed by atoms with Crippen molar-refractivity contribution in [1.29, 1.82) is 0 Å². The predicted octanol–water partition coefficient (Wildman–Crippen LogP) is 2.09. The number of hydrogen-bond donors (Lipinski definition) is 2. The number of phenolic OH excluding ortho intramolecular Hbond substituents is 1. The minimum Gasteiger partial charge on any atom is -0.507 e. The number of para-hydroxylation sites is 1. The Kier molecular flexibility index (Phi) is 3.32. The van der Waals surface area contributed by atoms with E-state index in [1.54, 1.807) is 17.8 Å². The smallest absolute Gasteiger partial charge is 0.129 e. The van der Waals surface area contributed by atoms with Gasteiger partial charge in [-0.1, -0.05) is 12.1 Å². The van der Waals surface area contributed by atoms with Gasteiger partial charge in [-0.05, 0) is 37.6 Å². The summed E-state index contributed by atoms with van der Waals surface area (Å²) in [5.74, 6) is 2.27. The Morgan fingerprint density at radius 3 is 3.00 bits per heavy atom. The Morgan fingerprint density at radius 2 is 2.29 bits per heavy atom. The first-order chi connectivity index (χ1) is 6.86. The van der Waals surface area contributed by atoms with E-state index >= 15 is 0 Å². The molecule has 1 aliphatic rings. The van der Waals surface area contributed by atoms with Gasteiger partial charge in [0.25, 0.3) is 0 Å². The van der Waals surface area contributed by atoms with E-state index in [9.17, 15) is 5.11 Å². The minimum absolute atomic E-state index is 0.406. The Hall–Kier alpha value is -0.670. The molecule has 1 unspecified atom stereocenters. The van der Waals surface area contributed by atoms with E-state index < -0.39 is 0 Å². The highest BCUT2D eigenvalue weighted by Crippen LogP contribution is 2.30. The number of benzene rings is 1. The van der Waals surface area contributed by atoms with Crippen LogP contribution in [0.25, 0.3) is 0 Å². The van der Waals surface area contributed by atoms with Crippen molar-refractivity contribution in [2.75, 3.05) is 18.8 Å². The van der Waals surface area contributed by atoms with Crippen molar-refractivity contribution in [3.05, 3.63) is 24.3 Å². The van der Waals surface area contributed by atoms with Crippen LogP contribution in [0, 0.1) is 5.92 Å². The van der Waals surface area contributed by atoms with Gasteiger partial charge in [-0.2, -0.15) is 0 Å². The van der Waals surface area contributed by atoms with E-state index in [1.807, 2.05) is 18.2 Å². The number of thioether (sulfide) groups is 1. The summed E-state index contributed by atoms with van der Waals surface area (Å²) in [6.45, 7) is 2.27. The lowest BCUT2D eigenvalue weighted by atomic mass is 10.2. The van der Waals surface area contributed by atoms with Crippen LogP contribution >= 0.6 is 11.8 Å². The lowest BCUT2D eigenvalue weighted by Gasteiger charge is -2.08. The highest BCUT2D eigenvalue weighted by Gasteiger charge is 2.14. The Morgan fingerprint density at radius 1 is 1.43 bits per heavy atom. The molecule has 0 aromatic heterocycles. The fourth-order valence-corrected chi connectivity index (χ4v) is 2.73. The normalized spacial score (nSPS) is 21.3. The molecule has 0 radical (unpaired) electrons. The lowest BCUT2D eigenvalue weighted by molar-refractivity contribution is 0.462. The summed E-state index contributed by atoms with van der Waals surface area (Å²) >= 11 is 1.75. The molecule has 14 heavy (non-hydrogen) atoms. The maximum absolute atomic E-state index is 9.55. The van der Waals surface area contributed by atoms with Gasteiger partial charge in [-0.15, -0.1) is 11.8 Å². The molecule has 2 nitrogen and oxygen atoms in total. The molecule has 1 aliphatic heterocycles. The van der Waals surface area contributed by atoms with Crippen LogP contribution in [0.15, 0.2) is 29.2 Å². The number of nitrogens with one attached hydrogen (secondary N) is 1. The van der Waals surface area contributed by atoms with E-state index in [2.05, 4.69) is 5.32 Å². The highest BCUT2D eigenvalue weighted by molar-refractivity contribution is 7.99. The first-order valence-corrected chi connectivity index (χ1v) is 5.96. The lowest BCUT2D eigenvalue weighted by Crippen LogP contribution is -2.10. The molecular weight excluding hydrogens is 194 g/mol. The molecule has 2 N–H and O–H groups in total. The number of aromatic hydroxyl groups is 1. The van der Waals surface area contributed by atoms with E-state index in [-0.39, 0.29) is 0 Å². The first kappa shape index (κ1) is 9.87. The molecule has 1 aromatic carbocycles. The molecule has 1 saturated heterocycles. The molecule has 1 atom stereocenters. The summed E-state index contributed by atoms with van der Waals surface area (Å²) in [7, 11) is 0. The zero-order valence-corrected chi connectivity index (χ0v) is 8.89. The molecule has 0 bridgehead atoms. The number of rotatable bonds is 3. The maximum Gasteiger partial charge on any atom is 0.129 e. The molecule has 0 spiro atoms. The summed E-state index contributed by atoms with van der Waals surface area (Å²) in [5, 5.41) is 12.9. The van der Waals surface area contributed by atoms with Gasteiger partial charge < -0.3 is 10.4 Å². The van der Waals surface area contributed by atoms with E-state index in [0.717, 1.165) is 29.7 Å². The summed E-state index contributed by atoms with van der Waals surface area (Å²) in [6, 6.07) is 7.54. The van der Waals surface area contributed by atoms with Crippen molar-refractivity contribution in [2.24, 2.45) is 5.92 Å². The van der Waals surface area contributed by atoms with Gasteiger partial charge in [0.15, 0.2) is 0 Å². The molecule has 2 rings (SSSR count). The summed E-state index contributed by atoms with van der Waals surface area (Å²) < 4.78 is 0. The largest absolute Gasteiger partial charge is 0.507 e. The topological polar surface area (TPSA) is 32.3 Å². The van der Waals surface area contributed by atoms with Crippen molar-refractivity contribution in [3.63, 3.8) is 0 Å². The SMILES string of the molecule is Oc1ccccc1SCC1CCNC1. The highest BCUT2D eigenvalue weighted by atomic mass is 32.2. The van der Waals surface area contributed by atoms with Crippen LogP contribution in [-0.2, 0) is 0 Å². The van der Waals surface area contributed by atoms with E-state index in [1.165, 1.54) is 6.42 Å². The molecule has 1 aromatic rings. The Balaban J connectivity index is 1.88. The monoisotopic (exact) mass is 209 g/mol. The summed E-state index contributed by atoms with van der Waals surface area (Å²) in [5.41, 5.74) is 0. The van der Waals surface area contributed by atoms with Gasteiger partial charge in [0.1, 0.15) is 5.75 Å². The second-order valence-electron chi connectivity index (χ2n) is 3.64. The molecule has 76 valence electrons. The van der Waals surface area contributed by atoms with E-state index in [4.69, 9.17) is 0 Å². The van der Waals surface area contributed by atoms with Gasteiger partial charge >= 0.3 is 0 Å². The Labute approximate surface area is 88.7 Å². The fourth-order valence-electron chi connectivity index (χ4n) is 1.64. The second kappa shape index (κ2) is 4.71. The van der Waals surface area contributed by atoms with Crippen LogP contribution in [-0.4, -0.2) is 23.9 Å². The zero-order chi connectivity index (χ0) is 9.80. The Bertz CT molecular complexity index is 297. The van der Waals surface area contributed by atoms with E-state index in [0.29, 0.717) is 5.75 Å². The molecule has 1 heterocycles. The van der Waals surface area contributed by atoms with Gasteiger partial charge in [0.2, 0.25) is 0 Å². The quantitative estimate of drug-likeness (QED) is 0.748. The van der Waals surface area contributed by atoms with Crippen molar-refractivity contribution >= 4 is 11.8 Å². The van der Waals surface area contributed by atoms with Crippen molar-refractivity contribution in [1.82, 2.24) is 5.32 Å². The van der Waals surface area contributed by atoms with Crippen LogP contribution in [0.4, 0.5) is 0 Å². The fraction of sp³-hybridized carbons (Fsp3) is 0.455. The third-order valence-electron chi connectivity index (χ3n) is 2.50. The van der Waals surface area contributed by atoms with Crippen molar-refractivity contribution in [3.8, 4) is 5.75 Å². The number of hydrogen-bond acceptors (Lipinski definition) is 3. The third-order valence-corrected chi connectivity index (χ3v) is 3.80. The zero-order valence-electron chi connectivity index (χ0n) is 8.07. The second-order valence-corrected chi connectivity index (χ2v) is 4.70. The van der Waals surface area contributed by atoms with Crippen molar-refractivity contribution in [2.45, 2.75) is 11.3 Å². The molecular formula is C11H15NOS. The van der Waals surface area contributed by atoms with Gasteiger partial charge in [0.05, 0.1) is 0 Å². The van der Waals surface area contributed by atoms with Crippen LogP contribution in [0.2, 0.25) is 0 Å². The maximum atomic E-state index is 9.55. The van der Waals surface area contributed by atoms with Gasteiger partial charge in [0, 0.05) is 10.6 Å². The van der Waals surface area contributed by atoms with Gasteiger partial charge in [-0.25, -0.2) is 0 Å². The van der Waals surface area contributed by atoms with Crippen LogP contribution in [0.3, 0.4) is 0 Å².